The summed E-state index contributed by atoms with van der Waals surface area (Å²) in [4.78, 5) is 11.7. The fourth-order valence-corrected chi connectivity index (χ4v) is 2.27. The Hall–Kier alpha value is -1.23. The molecule has 1 heterocycles. The van der Waals surface area contributed by atoms with Gasteiger partial charge in [-0.15, -0.1) is 0 Å². The zero-order valence-corrected chi connectivity index (χ0v) is 11.6. The smallest absolute Gasteiger partial charge is 0.178 e. The van der Waals surface area contributed by atoms with Gasteiger partial charge in [-0.25, -0.2) is 0 Å². The predicted molar refractivity (Wildman–Crippen MR) is 75.0 cm³/mol. The highest BCUT2D eigenvalue weighted by Crippen LogP contribution is 2.11. The van der Waals surface area contributed by atoms with Crippen molar-refractivity contribution in [2.45, 2.75) is 38.6 Å². The van der Waals surface area contributed by atoms with E-state index >= 15 is 0 Å². The van der Waals surface area contributed by atoms with E-state index < -0.39 is 0 Å². The molecular weight excluding hydrogens is 240 g/mol. The summed E-state index contributed by atoms with van der Waals surface area (Å²) in [6, 6.07) is 10.3. The maximum Gasteiger partial charge on any atom is 0.178 e. The molecule has 1 aromatic carbocycles. The molecule has 0 amide bonds. The van der Waals surface area contributed by atoms with Crippen molar-refractivity contribution in [3.05, 3.63) is 35.9 Å². The summed E-state index contributed by atoms with van der Waals surface area (Å²) in [6.07, 6.45) is -0.0707. The molecule has 0 aromatic heterocycles. The molecule has 1 aliphatic rings. The van der Waals surface area contributed by atoms with Gasteiger partial charge in [-0.3, -0.25) is 4.79 Å². The van der Waals surface area contributed by atoms with Crippen LogP contribution in [0.3, 0.4) is 0 Å². The van der Waals surface area contributed by atoms with Gasteiger partial charge in [-0.2, -0.15) is 0 Å². The molecular formula is C15H22N2O2. The van der Waals surface area contributed by atoms with Crippen molar-refractivity contribution >= 4 is 5.78 Å². The zero-order chi connectivity index (χ0) is 13.7. The summed E-state index contributed by atoms with van der Waals surface area (Å²) in [7, 11) is 0. The largest absolute Gasteiger partial charge is 0.367 e. The topological polar surface area (TPSA) is 50.4 Å². The van der Waals surface area contributed by atoms with Crippen molar-refractivity contribution in [3.8, 4) is 0 Å². The Labute approximate surface area is 114 Å². The van der Waals surface area contributed by atoms with Gasteiger partial charge in [-0.1, -0.05) is 44.2 Å². The standard InChI is InChI=1S/C15H22N2O2/c1-11(2)17-15-13(18)10-19-14(15)9-16-8-12-6-4-3-5-7-12/h3-7,11,14-17H,8-10H2,1-2H3. The van der Waals surface area contributed by atoms with Crippen LogP contribution in [0.15, 0.2) is 30.3 Å². The molecule has 0 radical (unpaired) electrons. The average molecular weight is 262 g/mol. The second kappa shape index (κ2) is 6.80. The van der Waals surface area contributed by atoms with Crippen molar-refractivity contribution in [3.63, 3.8) is 0 Å². The molecule has 2 N–H and O–H groups in total. The van der Waals surface area contributed by atoms with E-state index in [4.69, 9.17) is 4.74 Å². The van der Waals surface area contributed by atoms with Gasteiger partial charge in [0.2, 0.25) is 0 Å². The van der Waals surface area contributed by atoms with E-state index in [-0.39, 0.29) is 30.6 Å². The molecule has 4 nitrogen and oxygen atoms in total. The third kappa shape index (κ3) is 4.13. The normalized spacial score (nSPS) is 23.2. The van der Waals surface area contributed by atoms with Gasteiger partial charge in [0.25, 0.3) is 0 Å². The van der Waals surface area contributed by atoms with Crippen LogP contribution in [0.5, 0.6) is 0 Å². The van der Waals surface area contributed by atoms with Crippen molar-refractivity contribution in [2.75, 3.05) is 13.2 Å². The Kier molecular flexibility index (Phi) is 5.07. The summed E-state index contributed by atoms with van der Waals surface area (Å²) in [5.74, 6) is 0.153. The Morgan fingerprint density at radius 1 is 1.32 bits per heavy atom. The molecule has 4 heteroatoms. The lowest BCUT2D eigenvalue weighted by molar-refractivity contribution is -0.119. The number of ketones is 1. The summed E-state index contributed by atoms with van der Waals surface area (Å²) in [5.41, 5.74) is 1.24. The molecule has 2 unspecified atom stereocenters. The van der Waals surface area contributed by atoms with Crippen LogP contribution in [-0.2, 0) is 16.1 Å². The van der Waals surface area contributed by atoms with Crippen LogP contribution < -0.4 is 10.6 Å². The van der Waals surface area contributed by atoms with E-state index in [9.17, 15) is 4.79 Å². The SMILES string of the molecule is CC(C)NC1C(=O)COC1CNCc1ccccc1. The Morgan fingerprint density at radius 2 is 2.05 bits per heavy atom. The zero-order valence-electron chi connectivity index (χ0n) is 11.6. The van der Waals surface area contributed by atoms with Crippen LogP contribution in [-0.4, -0.2) is 37.1 Å². The minimum Gasteiger partial charge on any atom is -0.367 e. The number of carbonyl (C=O) groups excluding carboxylic acids is 1. The number of rotatable bonds is 6. The summed E-state index contributed by atoms with van der Waals surface area (Å²) in [5, 5.41) is 6.63. The molecule has 0 spiro atoms. The maximum absolute atomic E-state index is 11.7. The van der Waals surface area contributed by atoms with Gasteiger partial charge < -0.3 is 15.4 Å². The molecule has 104 valence electrons. The van der Waals surface area contributed by atoms with E-state index in [1.165, 1.54) is 5.56 Å². The minimum atomic E-state index is -0.178. The number of Topliss-reactive ketones (excluding diaryl/α,β-unsaturated/α-hetero) is 1. The Balaban J connectivity index is 1.80. The highest BCUT2D eigenvalue weighted by molar-refractivity contribution is 5.87. The van der Waals surface area contributed by atoms with Crippen molar-refractivity contribution in [1.82, 2.24) is 10.6 Å². The highest BCUT2D eigenvalue weighted by Gasteiger charge is 2.35. The molecule has 2 rings (SSSR count). The van der Waals surface area contributed by atoms with Crippen molar-refractivity contribution < 1.29 is 9.53 Å². The first-order valence-electron chi connectivity index (χ1n) is 6.82. The van der Waals surface area contributed by atoms with Crippen LogP contribution >= 0.6 is 0 Å². The first kappa shape index (κ1) is 14.2. The average Bonchev–Trinajstić information content (AvgIpc) is 2.72. The highest BCUT2D eigenvalue weighted by atomic mass is 16.5. The number of carbonyl (C=O) groups is 1. The van der Waals surface area contributed by atoms with Gasteiger partial charge in [0.15, 0.2) is 5.78 Å². The lowest BCUT2D eigenvalue weighted by Crippen LogP contribution is -2.48. The summed E-state index contributed by atoms with van der Waals surface area (Å²) < 4.78 is 5.54. The first-order valence-corrected chi connectivity index (χ1v) is 6.82. The number of benzene rings is 1. The number of hydrogen-bond donors (Lipinski definition) is 2. The summed E-state index contributed by atoms with van der Waals surface area (Å²) >= 11 is 0. The fourth-order valence-electron chi connectivity index (χ4n) is 2.27. The minimum absolute atomic E-state index is 0.0707. The van der Waals surface area contributed by atoms with Crippen LogP contribution in [0.25, 0.3) is 0 Å². The van der Waals surface area contributed by atoms with Crippen LogP contribution in [0.1, 0.15) is 19.4 Å². The van der Waals surface area contributed by atoms with Gasteiger partial charge in [0.05, 0.1) is 12.1 Å². The van der Waals surface area contributed by atoms with Crippen LogP contribution in [0, 0.1) is 0 Å². The molecule has 0 bridgehead atoms. The van der Waals surface area contributed by atoms with E-state index in [1.807, 2.05) is 32.0 Å². The number of nitrogens with one attached hydrogen (secondary N) is 2. The number of hydrogen-bond acceptors (Lipinski definition) is 4. The molecule has 2 atom stereocenters. The van der Waals surface area contributed by atoms with E-state index in [2.05, 4.69) is 22.8 Å². The van der Waals surface area contributed by atoms with Crippen LogP contribution in [0.2, 0.25) is 0 Å². The van der Waals surface area contributed by atoms with Gasteiger partial charge in [-0.05, 0) is 5.56 Å². The Bertz CT molecular complexity index is 406. The second-order valence-electron chi connectivity index (χ2n) is 5.23. The fraction of sp³-hybridized carbons (Fsp3) is 0.533. The van der Waals surface area contributed by atoms with Crippen molar-refractivity contribution in [2.24, 2.45) is 0 Å². The van der Waals surface area contributed by atoms with Gasteiger partial charge in [0, 0.05) is 19.1 Å². The molecule has 1 saturated heterocycles. The Morgan fingerprint density at radius 3 is 2.74 bits per heavy atom. The first-order chi connectivity index (χ1) is 9.16. The van der Waals surface area contributed by atoms with Crippen molar-refractivity contribution in [1.29, 1.82) is 0 Å². The predicted octanol–water partition coefficient (Wildman–Crippen LogP) is 1.11. The number of ether oxygens (including phenoxy) is 1. The van der Waals surface area contributed by atoms with E-state index in [1.54, 1.807) is 0 Å². The van der Waals surface area contributed by atoms with Gasteiger partial charge >= 0.3 is 0 Å². The van der Waals surface area contributed by atoms with Gasteiger partial charge in [0.1, 0.15) is 6.61 Å². The summed E-state index contributed by atoms with van der Waals surface area (Å²) in [6.45, 7) is 5.79. The molecule has 0 saturated carbocycles. The van der Waals surface area contributed by atoms with Crippen LogP contribution in [0.4, 0.5) is 0 Å². The molecule has 19 heavy (non-hydrogen) atoms. The third-order valence-corrected chi connectivity index (χ3v) is 3.19. The molecule has 0 aliphatic carbocycles. The quantitative estimate of drug-likeness (QED) is 0.806. The molecule has 1 aromatic rings. The maximum atomic E-state index is 11.7. The van der Waals surface area contributed by atoms with E-state index in [0.717, 1.165) is 6.54 Å². The second-order valence-corrected chi connectivity index (χ2v) is 5.23. The lowest BCUT2D eigenvalue weighted by Gasteiger charge is -2.21. The lowest BCUT2D eigenvalue weighted by atomic mass is 10.1. The molecule has 1 fully saturated rings. The third-order valence-electron chi connectivity index (χ3n) is 3.19. The monoisotopic (exact) mass is 262 g/mol. The molecule has 1 aliphatic heterocycles. The van der Waals surface area contributed by atoms with E-state index in [0.29, 0.717) is 6.54 Å².